The Balaban J connectivity index is 1.81. The number of hydrogen-bond donors (Lipinski definition) is 0. The number of aromatic nitrogens is 1. The molecule has 3 rings (SSSR count). The van der Waals surface area contributed by atoms with Crippen LogP contribution in [0.2, 0.25) is 0 Å². The first-order valence-corrected chi connectivity index (χ1v) is 5.70. The van der Waals surface area contributed by atoms with Crippen LogP contribution in [-0.4, -0.2) is 30.3 Å². The molecule has 80 valence electrons. The smallest absolute Gasteiger partial charge is 0.0771 e. The second-order valence-electron chi connectivity index (χ2n) is 4.36. The van der Waals surface area contributed by atoms with Gasteiger partial charge in [0.1, 0.15) is 0 Å². The maximum absolute atomic E-state index is 5.59. The fourth-order valence-corrected chi connectivity index (χ4v) is 2.51. The lowest BCUT2D eigenvalue weighted by molar-refractivity contribution is 0.0991. The van der Waals surface area contributed by atoms with Gasteiger partial charge in [-0.15, -0.1) is 0 Å². The summed E-state index contributed by atoms with van der Waals surface area (Å²) in [5, 5.41) is 0. The van der Waals surface area contributed by atoms with Gasteiger partial charge in [0.25, 0.3) is 0 Å². The van der Waals surface area contributed by atoms with E-state index >= 15 is 0 Å². The molecule has 3 heteroatoms. The van der Waals surface area contributed by atoms with Crippen LogP contribution in [0.25, 0.3) is 0 Å². The Morgan fingerprint density at radius 1 is 1.53 bits per heavy atom. The van der Waals surface area contributed by atoms with E-state index in [1.807, 2.05) is 6.20 Å². The summed E-state index contributed by atoms with van der Waals surface area (Å²) in [6.45, 7) is 4.06. The predicted octanol–water partition coefficient (Wildman–Crippen LogP) is 1.62. The summed E-state index contributed by atoms with van der Waals surface area (Å²) in [6.07, 6.45) is 4.66. The second kappa shape index (κ2) is 3.49. The van der Waals surface area contributed by atoms with E-state index in [-0.39, 0.29) is 0 Å². The Morgan fingerprint density at radius 3 is 3.00 bits per heavy atom. The van der Waals surface area contributed by atoms with Crippen molar-refractivity contribution in [3.05, 3.63) is 24.0 Å². The van der Waals surface area contributed by atoms with Gasteiger partial charge in [-0.05, 0) is 25.0 Å². The normalized spacial score (nSPS) is 28.7. The first-order chi connectivity index (χ1) is 7.36. The van der Waals surface area contributed by atoms with Crippen LogP contribution in [0.4, 0.5) is 5.69 Å². The van der Waals surface area contributed by atoms with Gasteiger partial charge in [0.15, 0.2) is 0 Å². The molecule has 1 aromatic heterocycles. The maximum Gasteiger partial charge on any atom is 0.0771 e. The third kappa shape index (κ3) is 1.51. The molecule has 2 aliphatic rings. The number of rotatable bonds is 2. The van der Waals surface area contributed by atoms with Crippen LogP contribution in [0.1, 0.15) is 19.0 Å². The highest BCUT2D eigenvalue weighted by atomic mass is 16.5. The van der Waals surface area contributed by atoms with Crippen LogP contribution in [0.3, 0.4) is 0 Å². The van der Waals surface area contributed by atoms with Crippen LogP contribution in [0.5, 0.6) is 0 Å². The van der Waals surface area contributed by atoms with E-state index in [1.54, 1.807) is 0 Å². The summed E-state index contributed by atoms with van der Waals surface area (Å²) in [5.74, 6) is 0. The summed E-state index contributed by atoms with van der Waals surface area (Å²) in [5.41, 5.74) is 2.42. The Kier molecular flexibility index (Phi) is 2.13. The van der Waals surface area contributed by atoms with Crippen molar-refractivity contribution in [2.45, 2.75) is 31.9 Å². The standard InChI is InChI=1S/C12H16N2O/c1-2-9-3-4-10(6-13-9)14-7-12-5-11(14)8-15-12/h3-4,6,11-12H,2,5,7-8H2,1H3. The van der Waals surface area contributed by atoms with Crippen LogP contribution in [0, 0.1) is 0 Å². The van der Waals surface area contributed by atoms with Crippen LogP contribution < -0.4 is 4.90 Å². The van der Waals surface area contributed by atoms with Gasteiger partial charge in [-0.2, -0.15) is 0 Å². The zero-order chi connectivity index (χ0) is 10.3. The molecule has 3 heterocycles. The van der Waals surface area contributed by atoms with E-state index < -0.39 is 0 Å². The molecule has 0 aliphatic carbocycles. The highest BCUT2D eigenvalue weighted by Gasteiger charge is 2.38. The first kappa shape index (κ1) is 9.16. The first-order valence-electron chi connectivity index (χ1n) is 5.70. The van der Waals surface area contributed by atoms with Gasteiger partial charge < -0.3 is 9.64 Å². The van der Waals surface area contributed by atoms with Crippen LogP contribution in [-0.2, 0) is 11.2 Å². The SMILES string of the molecule is CCc1ccc(N2CC3CC2CO3)cn1. The third-order valence-electron chi connectivity index (χ3n) is 3.40. The number of aryl methyl sites for hydroxylation is 1. The summed E-state index contributed by atoms with van der Waals surface area (Å²) >= 11 is 0. The molecular weight excluding hydrogens is 188 g/mol. The van der Waals surface area contributed by atoms with Gasteiger partial charge in [-0.1, -0.05) is 6.92 Å². The van der Waals surface area contributed by atoms with E-state index in [4.69, 9.17) is 4.74 Å². The fraction of sp³-hybridized carbons (Fsp3) is 0.583. The molecule has 1 aromatic rings. The zero-order valence-corrected chi connectivity index (χ0v) is 9.02. The van der Waals surface area contributed by atoms with Crippen molar-refractivity contribution in [1.82, 2.24) is 4.98 Å². The van der Waals surface area contributed by atoms with Crippen LogP contribution >= 0.6 is 0 Å². The zero-order valence-electron chi connectivity index (χ0n) is 9.02. The molecule has 2 unspecified atom stereocenters. The average molecular weight is 204 g/mol. The molecule has 0 N–H and O–H groups in total. The fourth-order valence-electron chi connectivity index (χ4n) is 2.51. The second-order valence-corrected chi connectivity index (χ2v) is 4.36. The van der Waals surface area contributed by atoms with Crippen molar-refractivity contribution < 1.29 is 4.74 Å². The summed E-state index contributed by atoms with van der Waals surface area (Å²) in [4.78, 5) is 6.87. The highest BCUT2D eigenvalue weighted by molar-refractivity contribution is 5.48. The van der Waals surface area contributed by atoms with Gasteiger partial charge in [0, 0.05) is 12.2 Å². The van der Waals surface area contributed by atoms with Gasteiger partial charge in [-0.3, -0.25) is 4.98 Å². The van der Waals surface area contributed by atoms with Gasteiger partial charge >= 0.3 is 0 Å². The van der Waals surface area contributed by atoms with E-state index in [2.05, 4.69) is 28.9 Å². The molecule has 2 fully saturated rings. The lowest BCUT2D eigenvalue weighted by atomic mass is 10.2. The third-order valence-corrected chi connectivity index (χ3v) is 3.40. The molecule has 0 saturated carbocycles. The minimum atomic E-state index is 0.459. The van der Waals surface area contributed by atoms with E-state index in [0.29, 0.717) is 12.1 Å². The molecule has 0 aromatic carbocycles. The molecule has 3 nitrogen and oxygen atoms in total. The van der Waals surface area contributed by atoms with Crippen molar-refractivity contribution in [1.29, 1.82) is 0 Å². The lowest BCUT2D eigenvalue weighted by Gasteiger charge is -2.28. The van der Waals surface area contributed by atoms with Crippen molar-refractivity contribution >= 4 is 5.69 Å². The number of morpholine rings is 1. The Bertz CT molecular complexity index is 349. The largest absolute Gasteiger partial charge is 0.374 e. The predicted molar refractivity (Wildman–Crippen MR) is 59.1 cm³/mol. The quantitative estimate of drug-likeness (QED) is 0.732. The van der Waals surface area contributed by atoms with Gasteiger partial charge in [-0.25, -0.2) is 0 Å². The lowest BCUT2D eigenvalue weighted by Crippen LogP contribution is -2.36. The van der Waals surface area contributed by atoms with Crippen molar-refractivity contribution in [2.24, 2.45) is 0 Å². The summed E-state index contributed by atoms with van der Waals surface area (Å²) in [6, 6.07) is 4.90. The monoisotopic (exact) mass is 204 g/mol. The maximum atomic E-state index is 5.59. The average Bonchev–Trinajstić information content (AvgIpc) is 2.91. The number of nitrogens with zero attached hydrogens (tertiary/aromatic N) is 2. The van der Waals surface area contributed by atoms with Gasteiger partial charge in [0.05, 0.1) is 30.6 Å². The summed E-state index contributed by atoms with van der Waals surface area (Å²) in [7, 11) is 0. The molecular formula is C12H16N2O. The molecule has 2 atom stereocenters. The molecule has 15 heavy (non-hydrogen) atoms. The van der Waals surface area contributed by atoms with Crippen LogP contribution in [0.15, 0.2) is 18.3 Å². The van der Waals surface area contributed by atoms with Gasteiger partial charge in [0.2, 0.25) is 0 Å². The van der Waals surface area contributed by atoms with E-state index in [9.17, 15) is 0 Å². The molecule has 0 amide bonds. The van der Waals surface area contributed by atoms with E-state index in [1.165, 1.54) is 17.8 Å². The molecule has 0 spiro atoms. The minimum absolute atomic E-state index is 0.459. The Labute approximate surface area is 90.1 Å². The number of pyridine rings is 1. The highest BCUT2D eigenvalue weighted by Crippen LogP contribution is 2.31. The van der Waals surface area contributed by atoms with Crippen molar-refractivity contribution in [3.63, 3.8) is 0 Å². The molecule has 2 saturated heterocycles. The molecule has 2 aliphatic heterocycles. The summed E-state index contributed by atoms with van der Waals surface area (Å²) < 4.78 is 5.59. The van der Waals surface area contributed by atoms with Crippen molar-refractivity contribution in [2.75, 3.05) is 18.1 Å². The van der Waals surface area contributed by atoms with Crippen molar-refractivity contribution in [3.8, 4) is 0 Å². The Hall–Kier alpha value is -1.09. The number of hydrogen-bond acceptors (Lipinski definition) is 3. The topological polar surface area (TPSA) is 25.4 Å². The van der Waals surface area contributed by atoms with E-state index in [0.717, 1.165) is 19.6 Å². The Morgan fingerprint density at radius 2 is 2.47 bits per heavy atom. The molecule has 0 radical (unpaired) electrons. The number of ether oxygens (including phenoxy) is 1. The molecule has 2 bridgehead atoms. The number of anilines is 1. The minimum Gasteiger partial charge on any atom is -0.374 e. The number of fused-ring (bicyclic) bond motifs is 2.